The van der Waals surface area contributed by atoms with Gasteiger partial charge in [0, 0.05) is 12.6 Å². The molecule has 1 aliphatic rings. The fourth-order valence-corrected chi connectivity index (χ4v) is 2.11. The molecule has 3 N–H and O–H groups in total. The van der Waals surface area contributed by atoms with Crippen molar-refractivity contribution in [3.63, 3.8) is 0 Å². The van der Waals surface area contributed by atoms with E-state index in [0.717, 1.165) is 12.1 Å². The summed E-state index contributed by atoms with van der Waals surface area (Å²) in [6, 6.07) is 9.81. The molecule has 0 radical (unpaired) electrons. The summed E-state index contributed by atoms with van der Waals surface area (Å²) in [4.78, 5) is 0. The number of nitrogens with zero attached hydrogens (tertiary/aromatic N) is 1. The van der Waals surface area contributed by atoms with E-state index in [0.29, 0.717) is 12.2 Å². The van der Waals surface area contributed by atoms with Gasteiger partial charge in [0.15, 0.2) is 0 Å². The maximum Gasteiger partial charge on any atom is 0.101 e. The topological polar surface area (TPSA) is 71.1 Å². The highest BCUT2D eigenvalue weighted by atomic mass is 16.5. The lowest BCUT2D eigenvalue weighted by atomic mass is 9.83. The summed E-state index contributed by atoms with van der Waals surface area (Å²) in [5, 5.41) is 12.3. The van der Waals surface area contributed by atoms with Crippen molar-refractivity contribution in [3.8, 4) is 6.07 Å². The van der Waals surface area contributed by atoms with E-state index in [1.165, 1.54) is 0 Å². The van der Waals surface area contributed by atoms with Gasteiger partial charge in [-0.25, -0.2) is 0 Å². The quantitative estimate of drug-likeness (QED) is 0.823. The van der Waals surface area contributed by atoms with Gasteiger partial charge in [0.2, 0.25) is 0 Å². The molecule has 90 valence electrons. The van der Waals surface area contributed by atoms with Crippen molar-refractivity contribution < 1.29 is 4.74 Å². The van der Waals surface area contributed by atoms with Gasteiger partial charge in [0.1, 0.15) is 6.07 Å². The van der Waals surface area contributed by atoms with Crippen LogP contribution in [0.1, 0.15) is 18.9 Å². The van der Waals surface area contributed by atoms with Gasteiger partial charge in [-0.1, -0.05) is 12.1 Å². The van der Waals surface area contributed by atoms with E-state index in [1.54, 1.807) is 6.07 Å². The number of hydrogen-bond donors (Lipinski definition) is 2. The lowest BCUT2D eigenvalue weighted by Crippen LogP contribution is -2.60. The van der Waals surface area contributed by atoms with Crippen LogP contribution in [0.5, 0.6) is 0 Å². The lowest BCUT2D eigenvalue weighted by molar-refractivity contribution is -0.0126. The van der Waals surface area contributed by atoms with Crippen LogP contribution in [-0.4, -0.2) is 24.8 Å². The minimum absolute atomic E-state index is 0.0956. The molecule has 1 aromatic carbocycles. The Hall–Kier alpha value is -1.57. The highest BCUT2D eigenvalue weighted by molar-refractivity contribution is 5.58. The molecule has 1 aromatic rings. The van der Waals surface area contributed by atoms with E-state index in [4.69, 9.17) is 15.7 Å². The van der Waals surface area contributed by atoms with Crippen LogP contribution >= 0.6 is 0 Å². The molecule has 1 saturated carbocycles. The molecule has 17 heavy (non-hydrogen) atoms. The van der Waals surface area contributed by atoms with Gasteiger partial charge in [-0.05, 0) is 25.5 Å². The summed E-state index contributed by atoms with van der Waals surface area (Å²) in [6.45, 7) is 2.67. The molecule has 1 fully saturated rings. The average Bonchev–Trinajstić information content (AvgIpc) is 2.36. The Morgan fingerprint density at radius 2 is 2.29 bits per heavy atom. The number of nitriles is 1. The molecule has 3 unspecified atom stereocenters. The monoisotopic (exact) mass is 231 g/mol. The standard InChI is InChI=1S/C13H17N3O/c1-2-17-12-7-10(15)13(12)16-11-6-4-3-5-9(11)8-14/h3-6,10,12-13,16H,2,7,15H2,1H3. The first kappa shape index (κ1) is 11.9. The SMILES string of the molecule is CCOC1CC(N)C1Nc1ccccc1C#N. The molecule has 4 heteroatoms. The summed E-state index contributed by atoms with van der Waals surface area (Å²) in [7, 11) is 0. The third-order valence-electron chi connectivity index (χ3n) is 3.12. The molecule has 4 nitrogen and oxygen atoms in total. The molecule has 1 aliphatic carbocycles. The number of hydrogen-bond acceptors (Lipinski definition) is 4. The van der Waals surface area contributed by atoms with E-state index in [2.05, 4.69) is 11.4 Å². The third-order valence-corrected chi connectivity index (χ3v) is 3.12. The van der Waals surface area contributed by atoms with Crippen LogP contribution in [0.25, 0.3) is 0 Å². The van der Waals surface area contributed by atoms with Crippen LogP contribution < -0.4 is 11.1 Å². The number of rotatable bonds is 4. The summed E-state index contributed by atoms with van der Waals surface area (Å²) < 4.78 is 5.58. The van der Waals surface area contributed by atoms with Crippen molar-refractivity contribution in [3.05, 3.63) is 29.8 Å². The normalized spacial score (nSPS) is 27.0. The number of anilines is 1. The van der Waals surface area contributed by atoms with Crippen LogP contribution in [0, 0.1) is 11.3 Å². The van der Waals surface area contributed by atoms with Crippen molar-refractivity contribution >= 4 is 5.69 Å². The molecular formula is C13H17N3O. The molecule has 0 amide bonds. The largest absolute Gasteiger partial charge is 0.377 e. The number of para-hydroxylation sites is 1. The van der Waals surface area contributed by atoms with Gasteiger partial charge in [-0.15, -0.1) is 0 Å². The summed E-state index contributed by atoms with van der Waals surface area (Å²) in [5.41, 5.74) is 7.43. The molecular weight excluding hydrogens is 214 g/mol. The van der Waals surface area contributed by atoms with Crippen molar-refractivity contribution in [2.45, 2.75) is 31.5 Å². The Kier molecular flexibility index (Phi) is 3.62. The van der Waals surface area contributed by atoms with Gasteiger partial charge < -0.3 is 15.8 Å². The van der Waals surface area contributed by atoms with Crippen molar-refractivity contribution in [2.24, 2.45) is 5.73 Å². The van der Waals surface area contributed by atoms with E-state index < -0.39 is 0 Å². The summed E-state index contributed by atoms with van der Waals surface area (Å²) in [6.07, 6.45) is 1.03. The van der Waals surface area contributed by atoms with E-state index >= 15 is 0 Å². The zero-order chi connectivity index (χ0) is 12.3. The third kappa shape index (κ3) is 2.41. The molecule has 0 aliphatic heterocycles. The van der Waals surface area contributed by atoms with Crippen molar-refractivity contribution in [1.82, 2.24) is 0 Å². The zero-order valence-corrected chi connectivity index (χ0v) is 9.89. The molecule has 2 rings (SSSR count). The molecule has 0 bridgehead atoms. The second-order valence-electron chi connectivity index (χ2n) is 4.22. The molecule has 0 aromatic heterocycles. The Morgan fingerprint density at radius 1 is 1.53 bits per heavy atom. The Morgan fingerprint density at radius 3 is 2.94 bits per heavy atom. The van der Waals surface area contributed by atoms with Gasteiger partial charge >= 0.3 is 0 Å². The maximum absolute atomic E-state index is 9.00. The zero-order valence-electron chi connectivity index (χ0n) is 9.89. The number of nitrogens with two attached hydrogens (primary N) is 1. The van der Waals surface area contributed by atoms with E-state index in [1.807, 2.05) is 25.1 Å². The van der Waals surface area contributed by atoms with Gasteiger partial charge in [0.05, 0.1) is 23.4 Å². The van der Waals surface area contributed by atoms with Crippen LogP contribution in [0.3, 0.4) is 0 Å². The maximum atomic E-state index is 9.00. The molecule has 0 saturated heterocycles. The number of benzene rings is 1. The summed E-state index contributed by atoms with van der Waals surface area (Å²) >= 11 is 0. The minimum atomic E-state index is 0.0956. The predicted molar refractivity (Wildman–Crippen MR) is 66.6 cm³/mol. The molecule has 0 heterocycles. The number of ether oxygens (including phenoxy) is 1. The van der Waals surface area contributed by atoms with E-state index in [-0.39, 0.29) is 18.2 Å². The molecule has 3 atom stereocenters. The second kappa shape index (κ2) is 5.17. The smallest absolute Gasteiger partial charge is 0.101 e. The molecule has 0 spiro atoms. The fraction of sp³-hybridized carbons (Fsp3) is 0.462. The van der Waals surface area contributed by atoms with Gasteiger partial charge in [-0.3, -0.25) is 0 Å². The van der Waals surface area contributed by atoms with Gasteiger partial charge in [0.25, 0.3) is 0 Å². The average molecular weight is 231 g/mol. The van der Waals surface area contributed by atoms with E-state index in [9.17, 15) is 0 Å². The van der Waals surface area contributed by atoms with Crippen LogP contribution in [0.2, 0.25) is 0 Å². The Bertz CT molecular complexity index is 425. The van der Waals surface area contributed by atoms with Crippen LogP contribution in [-0.2, 0) is 4.74 Å². The lowest BCUT2D eigenvalue weighted by Gasteiger charge is -2.43. The Labute approximate surface area is 101 Å². The Balaban J connectivity index is 2.07. The van der Waals surface area contributed by atoms with Gasteiger partial charge in [-0.2, -0.15) is 5.26 Å². The second-order valence-corrected chi connectivity index (χ2v) is 4.22. The first-order valence-corrected chi connectivity index (χ1v) is 5.89. The predicted octanol–water partition coefficient (Wildman–Crippen LogP) is 1.47. The minimum Gasteiger partial charge on any atom is -0.377 e. The summed E-state index contributed by atoms with van der Waals surface area (Å²) in [5.74, 6) is 0. The van der Waals surface area contributed by atoms with Crippen LogP contribution in [0.4, 0.5) is 5.69 Å². The van der Waals surface area contributed by atoms with Crippen LogP contribution in [0.15, 0.2) is 24.3 Å². The van der Waals surface area contributed by atoms with Crippen molar-refractivity contribution in [1.29, 1.82) is 5.26 Å². The first-order chi connectivity index (χ1) is 8.26. The fourth-order valence-electron chi connectivity index (χ4n) is 2.11. The number of nitrogens with one attached hydrogen (secondary N) is 1. The highest BCUT2D eigenvalue weighted by Crippen LogP contribution is 2.27. The first-order valence-electron chi connectivity index (χ1n) is 5.89. The highest BCUT2D eigenvalue weighted by Gasteiger charge is 2.39. The van der Waals surface area contributed by atoms with Crippen molar-refractivity contribution in [2.75, 3.05) is 11.9 Å².